The van der Waals surface area contributed by atoms with Crippen LogP contribution in [-0.2, 0) is 20.5 Å². The Kier molecular flexibility index (Phi) is 6.18. The molecule has 1 amide bonds. The minimum absolute atomic E-state index is 0.0273. The highest BCUT2D eigenvalue weighted by Gasteiger charge is 2.70. The van der Waals surface area contributed by atoms with E-state index in [-0.39, 0.29) is 32.1 Å². The standard InChI is InChI=1S/C25H32ClFN2O3SSi/c1-16(2)34(17(3)4,18(5)6)29-21-14-10-13-20(26)23(21)25(27)15-22(30)28(24(25)29)33(31,32)19-11-8-7-9-12-19/h7-14,16-18,24H,15H2,1-6H3/t24-,25-/m1/s1. The van der Waals surface area contributed by atoms with E-state index < -0.39 is 42.4 Å². The third-order valence-corrected chi connectivity index (χ3v) is 16.7. The topological polar surface area (TPSA) is 57.7 Å². The van der Waals surface area contributed by atoms with Gasteiger partial charge in [-0.05, 0) is 40.9 Å². The molecule has 0 aliphatic carbocycles. The number of alkyl halides is 1. The van der Waals surface area contributed by atoms with Gasteiger partial charge in [-0.2, -0.15) is 0 Å². The van der Waals surface area contributed by atoms with Crippen LogP contribution in [-0.4, -0.2) is 33.0 Å². The van der Waals surface area contributed by atoms with Crippen LogP contribution < -0.4 is 4.57 Å². The molecular weight excluding hydrogens is 491 g/mol. The SMILES string of the molecule is CC(C)[Si](C(C)C)(C(C)C)N1c2cccc(Cl)c2[C@]2(F)CC(=O)N(S(=O)(=O)c3ccccc3)[C@H]12. The van der Waals surface area contributed by atoms with E-state index in [1.165, 1.54) is 12.1 Å². The Morgan fingerprint density at radius 2 is 1.53 bits per heavy atom. The van der Waals surface area contributed by atoms with Gasteiger partial charge in [-0.1, -0.05) is 77.4 Å². The summed E-state index contributed by atoms with van der Waals surface area (Å²) in [6, 6.07) is 13.0. The number of sulfonamides is 1. The monoisotopic (exact) mass is 522 g/mol. The number of anilines is 1. The molecule has 1 fully saturated rings. The fourth-order valence-electron chi connectivity index (χ4n) is 6.72. The van der Waals surface area contributed by atoms with Crippen LogP contribution in [0.1, 0.15) is 53.5 Å². The lowest BCUT2D eigenvalue weighted by Crippen LogP contribution is -2.67. The summed E-state index contributed by atoms with van der Waals surface area (Å²) in [6.07, 6.45) is -1.87. The lowest BCUT2D eigenvalue weighted by Gasteiger charge is -2.54. The highest BCUT2D eigenvalue weighted by Crippen LogP contribution is 2.61. The molecule has 0 N–H and O–H groups in total. The van der Waals surface area contributed by atoms with E-state index in [9.17, 15) is 13.2 Å². The molecule has 0 radical (unpaired) electrons. The molecule has 2 aromatic carbocycles. The lowest BCUT2D eigenvalue weighted by atomic mass is 9.95. The summed E-state index contributed by atoms with van der Waals surface area (Å²) < 4.78 is 47.7. The van der Waals surface area contributed by atoms with Gasteiger partial charge in [0.1, 0.15) is 0 Å². The van der Waals surface area contributed by atoms with Crippen LogP contribution in [0.25, 0.3) is 0 Å². The zero-order chi connectivity index (χ0) is 25.2. The van der Waals surface area contributed by atoms with Crippen LogP contribution in [0.4, 0.5) is 10.1 Å². The van der Waals surface area contributed by atoms with Crippen molar-refractivity contribution in [2.24, 2.45) is 0 Å². The van der Waals surface area contributed by atoms with Crippen LogP contribution in [0, 0.1) is 0 Å². The number of halogens is 2. The van der Waals surface area contributed by atoms with Gasteiger partial charge < -0.3 is 4.57 Å². The fourth-order valence-corrected chi connectivity index (χ4v) is 15.7. The summed E-state index contributed by atoms with van der Waals surface area (Å²) >= 11 is 6.58. The van der Waals surface area contributed by atoms with Crippen LogP contribution in [0.5, 0.6) is 0 Å². The number of carbonyl (C=O) groups is 1. The second-order valence-corrected chi connectivity index (χ2v) is 18.2. The average molecular weight is 523 g/mol. The Morgan fingerprint density at radius 1 is 0.971 bits per heavy atom. The third-order valence-electron chi connectivity index (χ3n) is 7.69. The first-order valence-electron chi connectivity index (χ1n) is 11.7. The van der Waals surface area contributed by atoms with Crippen molar-refractivity contribution in [3.63, 3.8) is 0 Å². The second kappa shape index (κ2) is 8.35. The molecule has 2 heterocycles. The number of rotatable bonds is 6. The summed E-state index contributed by atoms with van der Waals surface area (Å²) in [5, 5.41) is 0.221. The fraction of sp³-hybridized carbons (Fsp3) is 0.480. The van der Waals surface area contributed by atoms with Gasteiger partial charge in [0.15, 0.2) is 20.1 Å². The van der Waals surface area contributed by atoms with Gasteiger partial charge >= 0.3 is 0 Å². The maximum atomic E-state index is 17.2. The van der Waals surface area contributed by atoms with E-state index in [1.54, 1.807) is 30.3 Å². The minimum atomic E-state index is -4.30. The minimum Gasteiger partial charge on any atom is -0.373 e. The zero-order valence-corrected chi connectivity index (χ0v) is 23.0. The van der Waals surface area contributed by atoms with Gasteiger partial charge in [0.05, 0.1) is 11.3 Å². The molecule has 0 unspecified atom stereocenters. The normalized spacial score (nSPS) is 22.8. The predicted octanol–water partition coefficient (Wildman–Crippen LogP) is 6.45. The summed E-state index contributed by atoms with van der Waals surface area (Å²) in [5.41, 5.74) is -0.928. The van der Waals surface area contributed by atoms with Crippen LogP contribution in [0.2, 0.25) is 21.6 Å². The van der Waals surface area contributed by atoms with Crippen molar-refractivity contribution >= 4 is 41.5 Å². The number of benzene rings is 2. The second-order valence-electron chi connectivity index (χ2n) is 10.3. The molecule has 2 aliphatic heterocycles. The summed E-state index contributed by atoms with van der Waals surface area (Å²) in [7, 11) is -6.98. The zero-order valence-electron chi connectivity index (χ0n) is 20.4. The molecule has 1 saturated heterocycles. The Labute approximate surface area is 208 Å². The molecule has 4 rings (SSSR count). The highest BCUT2D eigenvalue weighted by atomic mass is 35.5. The number of hydrogen-bond acceptors (Lipinski definition) is 4. The molecule has 5 nitrogen and oxygen atoms in total. The summed E-state index contributed by atoms with van der Waals surface area (Å²) in [6.45, 7) is 12.8. The molecule has 0 aromatic heterocycles. The Balaban J connectivity index is 2.07. The third kappa shape index (κ3) is 3.21. The number of nitrogens with zero attached hydrogens (tertiary/aromatic N) is 2. The molecule has 9 heteroatoms. The van der Waals surface area contributed by atoms with Crippen molar-refractivity contribution in [1.29, 1.82) is 0 Å². The van der Waals surface area contributed by atoms with Gasteiger partial charge in [0, 0.05) is 16.3 Å². The van der Waals surface area contributed by atoms with E-state index in [2.05, 4.69) is 41.5 Å². The maximum absolute atomic E-state index is 17.2. The van der Waals surface area contributed by atoms with Gasteiger partial charge in [-0.25, -0.2) is 17.1 Å². The molecule has 2 aromatic rings. The van der Waals surface area contributed by atoms with E-state index >= 15 is 4.39 Å². The molecule has 0 saturated carbocycles. The van der Waals surface area contributed by atoms with E-state index in [1.807, 2.05) is 10.6 Å². The van der Waals surface area contributed by atoms with Crippen molar-refractivity contribution in [2.75, 3.05) is 4.57 Å². The van der Waals surface area contributed by atoms with Gasteiger partial charge in [0.25, 0.3) is 10.0 Å². The van der Waals surface area contributed by atoms with Crippen LogP contribution in [0.15, 0.2) is 53.4 Å². The number of carbonyl (C=O) groups excluding carboxylic acids is 1. The smallest absolute Gasteiger partial charge is 0.268 e. The van der Waals surface area contributed by atoms with E-state index in [0.29, 0.717) is 5.69 Å². The van der Waals surface area contributed by atoms with Crippen molar-refractivity contribution in [3.05, 3.63) is 59.1 Å². The highest BCUT2D eigenvalue weighted by molar-refractivity contribution is 7.89. The number of hydrogen-bond donors (Lipinski definition) is 0. The van der Waals surface area contributed by atoms with Crippen molar-refractivity contribution in [1.82, 2.24) is 4.31 Å². The average Bonchev–Trinajstić information content (AvgIpc) is 3.15. The number of amides is 1. The Morgan fingerprint density at radius 3 is 2.06 bits per heavy atom. The molecule has 0 spiro atoms. The van der Waals surface area contributed by atoms with Crippen LogP contribution >= 0.6 is 11.6 Å². The van der Waals surface area contributed by atoms with E-state index in [4.69, 9.17) is 11.6 Å². The van der Waals surface area contributed by atoms with Crippen molar-refractivity contribution < 1.29 is 17.6 Å². The first-order valence-corrected chi connectivity index (χ1v) is 15.7. The molecular formula is C25H32ClFN2O3SSi. The Hall–Kier alpha value is -1.90. The maximum Gasteiger partial charge on any atom is 0.268 e. The summed E-state index contributed by atoms with van der Waals surface area (Å²) in [4.78, 5) is 13.3. The van der Waals surface area contributed by atoms with E-state index in [0.717, 1.165) is 4.31 Å². The molecule has 0 bridgehead atoms. The van der Waals surface area contributed by atoms with Crippen molar-refractivity contribution in [2.45, 2.75) is 81.3 Å². The molecule has 34 heavy (non-hydrogen) atoms. The Bertz CT molecular complexity index is 1200. The first-order chi connectivity index (χ1) is 15.8. The van der Waals surface area contributed by atoms with Gasteiger partial charge in [-0.3, -0.25) is 4.79 Å². The molecule has 2 aliphatic rings. The molecule has 2 atom stereocenters. The lowest BCUT2D eigenvalue weighted by molar-refractivity contribution is -0.124. The van der Waals surface area contributed by atoms with Crippen LogP contribution in [0.3, 0.4) is 0 Å². The first kappa shape index (κ1) is 25.2. The molecule has 184 valence electrons. The largest absolute Gasteiger partial charge is 0.373 e. The predicted molar refractivity (Wildman–Crippen MR) is 137 cm³/mol. The van der Waals surface area contributed by atoms with Gasteiger partial charge in [-0.15, -0.1) is 0 Å². The number of fused-ring (bicyclic) bond motifs is 3. The summed E-state index contributed by atoms with van der Waals surface area (Å²) in [5.74, 6) is -0.744. The quantitative estimate of drug-likeness (QED) is 0.409. The van der Waals surface area contributed by atoms with Gasteiger partial charge in [0.2, 0.25) is 5.91 Å². The van der Waals surface area contributed by atoms with Crippen molar-refractivity contribution in [3.8, 4) is 0 Å².